The third-order valence-electron chi connectivity index (χ3n) is 1.92. The van der Waals surface area contributed by atoms with Crippen LogP contribution >= 0.6 is 0 Å². The van der Waals surface area contributed by atoms with Gasteiger partial charge in [-0.3, -0.25) is 4.90 Å². The number of hydrogen-bond donors (Lipinski definition) is 0. The van der Waals surface area contributed by atoms with E-state index >= 15 is 0 Å². The summed E-state index contributed by atoms with van der Waals surface area (Å²) < 4.78 is 0. The molecule has 0 N–H and O–H groups in total. The van der Waals surface area contributed by atoms with Gasteiger partial charge in [0.15, 0.2) is 0 Å². The van der Waals surface area contributed by atoms with Crippen molar-refractivity contribution in [2.45, 2.75) is 19.4 Å². The van der Waals surface area contributed by atoms with Crippen LogP contribution in [0.25, 0.3) is 0 Å². The van der Waals surface area contributed by atoms with Gasteiger partial charge < -0.3 is 0 Å². The van der Waals surface area contributed by atoms with Crippen LogP contribution in [0.15, 0.2) is 11.6 Å². The van der Waals surface area contributed by atoms with E-state index in [-0.39, 0.29) is 6.04 Å². The first-order valence-corrected chi connectivity index (χ1v) is 3.49. The molecule has 1 aliphatic heterocycles. The average Bonchev–Trinajstić information content (AvgIpc) is 1.94. The molecule has 54 valence electrons. The van der Waals surface area contributed by atoms with Crippen molar-refractivity contribution in [1.82, 2.24) is 4.90 Å². The summed E-state index contributed by atoms with van der Waals surface area (Å²) in [7, 11) is 1.98. The van der Waals surface area contributed by atoms with Crippen LogP contribution in [-0.2, 0) is 0 Å². The van der Waals surface area contributed by atoms with E-state index in [1.54, 1.807) is 0 Å². The highest BCUT2D eigenvalue weighted by atomic mass is 15.1. The molecule has 10 heavy (non-hydrogen) atoms. The zero-order valence-electron chi connectivity index (χ0n) is 6.46. The number of likely N-dealkylation sites (N-methyl/N-ethyl adjacent to an activating group) is 1. The fraction of sp³-hybridized carbons (Fsp3) is 0.625. The molecule has 0 aliphatic carbocycles. The first kappa shape index (κ1) is 7.30. The first-order chi connectivity index (χ1) is 4.74. The van der Waals surface area contributed by atoms with Crippen molar-refractivity contribution in [3.63, 3.8) is 0 Å². The summed E-state index contributed by atoms with van der Waals surface area (Å²) >= 11 is 0. The van der Waals surface area contributed by atoms with Gasteiger partial charge in [-0.25, -0.2) is 0 Å². The number of nitriles is 1. The molecule has 0 saturated heterocycles. The normalized spacial score (nSPS) is 27.3. The molecule has 1 rings (SSSR count). The van der Waals surface area contributed by atoms with E-state index in [0.29, 0.717) is 0 Å². The van der Waals surface area contributed by atoms with Crippen molar-refractivity contribution in [3.8, 4) is 6.07 Å². The van der Waals surface area contributed by atoms with Crippen LogP contribution in [0.4, 0.5) is 0 Å². The Morgan fingerprint density at radius 1 is 1.80 bits per heavy atom. The Hall–Kier alpha value is -0.810. The topological polar surface area (TPSA) is 27.0 Å². The van der Waals surface area contributed by atoms with Crippen molar-refractivity contribution < 1.29 is 0 Å². The van der Waals surface area contributed by atoms with Crippen molar-refractivity contribution in [2.24, 2.45) is 0 Å². The van der Waals surface area contributed by atoms with Crippen LogP contribution in [0.5, 0.6) is 0 Å². The van der Waals surface area contributed by atoms with Crippen LogP contribution < -0.4 is 0 Å². The van der Waals surface area contributed by atoms with Crippen LogP contribution in [0.1, 0.15) is 13.3 Å². The van der Waals surface area contributed by atoms with Gasteiger partial charge >= 0.3 is 0 Å². The maximum atomic E-state index is 8.66. The Morgan fingerprint density at radius 2 is 2.50 bits per heavy atom. The van der Waals surface area contributed by atoms with Gasteiger partial charge in [-0.05, 0) is 20.4 Å². The first-order valence-electron chi connectivity index (χ1n) is 3.49. The van der Waals surface area contributed by atoms with E-state index in [9.17, 15) is 0 Å². The van der Waals surface area contributed by atoms with E-state index in [1.807, 2.05) is 7.05 Å². The Balaban J connectivity index is 2.64. The molecule has 1 aliphatic rings. The molecule has 0 aromatic carbocycles. The fourth-order valence-corrected chi connectivity index (χ4v) is 1.12. The predicted octanol–water partition coefficient (Wildman–Crippen LogP) is 1.16. The lowest BCUT2D eigenvalue weighted by Crippen LogP contribution is -2.33. The fourth-order valence-electron chi connectivity index (χ4n) is 1.12. The van der Waals surface area contributed by atoms with Crippen molar-refractivity contribution in [2.75, 3.05) is 13.6 Å². The van der Waals surface area contributed by atoms with E-state index in [1.165, 1.54) is 5.57 Å². The van der Waals surface area contributed by atoms with Crippen molar-refractivity contribution >= 4 is 0 Å². The maximum Gasteiger partial charge on any atom is 0.101 e. The molecule has 0 bridgehead atoms. The van der Waals surface area contributed by atoms with Gasteiger partial charge in [-0.1, -0.05) is 11.6 Å². The van der Waals surface area contributed by atoms with Crippen molar-refractivity contribution in [1.29, 1.82) is 5.26 Å². The Bertz CT molecular complexity index is 188. The average molecular weight is 136 g/mol. The highest BCUT2D eigenvalue weighted by Gasteiger charge is 2.16. The minimum atomic E-state index is 0.102. The second-order valence-corrected chi connectivity index (χ2v) is 2.84. The molecule has 0 saturated carbocycles. The van der Waals surface area contributed by atoms with Crippen LogP contribution in [0, 0.1) is 11.3 Å². The van der Waals surface area contributed by atoms with Gasteiger partial charge in [0.1, 0.15) is 6.04 Å². The lowest BCUT2D eigenvalue weighted by molar-refractivity contribution is 0.301. The molecular weight excluding hydrogens is 124 g/mol. The second-order valence-electron chi connectivity index (χ2n) is 2.84. The Labute approximate surface area is 61.8 Å². The van der Waals surface area contributed by atoms with Crippen LogP contribution in [0.3, 0.4) is 0 Å². The molecule has 1 heterocycles. The smallest absolute Gasteiger partial charge is 0.101 e. The summed E-state index contributed by atoms with van der Waals surface area (Å²) in [6.45, 7) is 3.00. The molecule has 0 amide bonds. The quantitative estimate of drug-likeness (QED) is 0.467. The molecule has 0 spiro atoms. The highest BCUT2D eigenvalue weighted by molar-refractivity contribution is 5.11. The second kappa shape index (κ2) is 2.85. The predicted molar refractivity (Wildman–Crippen MR) is 40.4 cm³/mol. The molecule has 0 unspecified atom stereocenters. The summed E-state index contributed by atoms with van der Waals surface area (Å²) in [5.41, 5.74) is 1.34. The van der Waals surface area contributed by atoms with E-state index in [0.717, 1.165) is 13.0 Å². The van der Waals surface area contributed by atoms with Gasteiger partial charge in [0.2, 0.25) is 0 Å². The lowest BCUT2D eigenvalue weighted by Gasteiger charge is -2.25. The van der Waals surface area contributed by atoms with Gasteiger partial charge in [-0.2, -0.15) is 5.26 Å². The summed E-state index contributed by atoms with van der Waals surface area (Å²) in [5, 5.41) is 8.66. The Kier molecular flexibility index (Phi) is 2.08. The molecule has 0 radical (unpaired) electrons. The molecular formula is C8H12N2. The maximum absolute atomic E-state index is 8.66. The summed E-state index contributed by atoms with van der Waals surface area (Å²) in [5.74, 6) is 0. The molecule has 0 aromatic rings. The number of rotatable bonds is 0. The molecule has 2 nitrogen and oxygen atoms in total. The molecule has 0 aromatic heterocycles. The molecule has 1 atom stereocenters. The SMILES string of the molecule is CC1=CCN(C)[C@@H](C#N)C1. The zero-order chi connectivity index (χ0) is 7.56. The number of hydrogen-bond acceptors (Lipinski definition) is 2. The number of nitrogens with zero attached hydrogens (tertiary/aromatic N) is 2. The standard InChI is InChI=1S/C8H12N2/c1-7-3-4-10(2)8(5-7)6-9/h3,8H,4-5H2,1-2H3/t8-/m1/s1. The third kappa shape index (κ3) is 1.37. The zero-order valence-corrected chi connectivity index (χ0v) is 6.46. The largest absolute Gasteiger partial charge is 0.287 e. The van der Waals surface area contributed by atoms with Crippen LogP contribution in [0.2, 0.25) is 0 Å². The lowest BCUT2D eigenvalue weighted by atomic mass is 10.0. The Morgan fingerprint density at radius 3 is 3.00 bits per heavy atom. The van der Waals surface area contributed by atoms with Crippen LogP contribution in [-0.4, -0.2) is 24.5 Å². The van der Waals surface area contributed by atoms with Gasteiger partial charge in [0, 0.05) is 6.54 Å². The molecule has 0 fully saturated rings. The van der Waals surface area contributed by atoms with Crippen molar-refractivity contribution in [3.05, 3.63) is 11.6 Å². The van der Waals surface area contributed by atoms with Gasteiger partial charge in [0.25, 0.3) is 0 Å². The summed E-state index contributed by atoms with van der Waals surface area (Å²) in [4.78, 5) is 2.06. The summed E-state index contributed by atoms with van der Waals surface area (Å²) in [6, 6.07) is 2.37. The summed E-state index contributed by atoms with van der Waals surface area (Å²) in [6.07, 6.45) is 3.08. The van der Waals surface area contributed by atoms with E-state index in [2.05, 4.69) is 24.0 Å². The third-order valence-corrected chi connectivity index (χ3v) is 1.92. The minimum absolute atomic E-state index is 0.102. The van der Waals surface area contributed by atoms with E-state index in [4.69, 9.17) is 5.26 Å². The monoisotopic (exact) mass is 136 g/mol. The highest BCUT2D eigenvalue weighted by Crippen LogP contribution is 2.14. The van der Waals surface area contributed by atoms with E-state index < -0.39 is 0 Å². The molecule has 2 heteroatoms. The van der Waals surface area contributed by atoms with Gasteiger partial charge in [-0.15, -0.1) is 0 Å². The minimum Gasteiger partial charge on any atom is -0.287 e. The van der Waals surface area contributed by atoms with Gasteiger partial charge in [0.05, 0.1) is 6.07 Å².